The highest BCUT2D eigenvalue weighted by atomic mass is 32.1. The lowest BCUT2D eigenvalue weighted by Crippen LogP contribution is -2.25. The Morgan fingerprint density at radius 2 is 1.04 bits per heavy atom. The Balaban J connectivity index is 0.000000701. The molecule has 0 saturated carbocycles. The summed E-state index contributed by atoms with van der Waals surface area (Å²) in [5.74, 6) is 0.509. The first kappa shape index (κ1) is 18.4. The molecule has 3 nitrogen and oxygen atoms in total. The van der Waals surface area contributed by atoms with Gasteiger partial charge in [0.05, 0.1) is 0 Å². The van der Waals surface area contributed by atoms with Crippen LogP contribution < -0.4 is 0 Å². The van der Waals surface area contributed by atoms with E-state index in [0.29, 0.717) is 0 Å². The molecule has 3 rings (SSSR count). The number of phenols is 2. The number of aromatic hydroxyl groups is 2. The van der Waals surface area contributed by atoms with Crippen molar-refractivity contribution in [2.75, 3.05) is 0 Å². The van der Waals surface area contributed by atoms with Crippen LogP contribution in [0.3, 0.4) is 0 Å². The first-order valence-corrected chi connectivity index (χ1v) is 8.15. The summed E-state index contributed by atoms with van der Waals surface area (Å²) in [5.41, 5.74) is 2.97. The third-order valence-corrected chi connectivity index (χ3v) is 4.24. The molecule has 0 bridgehead atoms. The Morgan fingerprint density at radius 3 is 1.40 bits per heavy atom. The maximum Gasteiger partial charge on any atom is 0.130 e. The van der Waals surface area contributed by atoms with E-state index in [1.807, 2.05) is 42.5 Å². The van der Waals surface area contributed by atoms with Gasteiger partial charge in [-0.25, -0.2) is 0 Å². The van der Waals surface area contributed by atoms with Gasteiger partial charge < -0.3 is 10.2 Å². The first-order chi connectivity index (χ1) is 12.0. The second-order valence-electron chi connectivity index (χ2n) is 5.68. The van der Waals surface area contributed by atoms with Crippen LogP contribution in [0.25, 0.3) is 0 Å². The zero-order valence-corrected chi connectivity index (χ0v) is 14.7. The van der Waals surface area contributed by atoms with Crippen LogP contribution in [0.5, 0.6) is 11.5 Å². The third-order valence-electron chi connectivity index (χ3n) is 4.24. The van der Waals surface area contributed by atoms with Crippen LogP contribution in [0.15, 0.2) is 78.9 Å². The van der Waals surface area contributed by atoms with E-state index in [1.54, 1.807) is 24.3 Å². The molecule has 2 N–H and O–H groups in total. The molecule has 0 spiro atoms. The Kier molecular flexibility index (Phi) is 6.10. The first-order valence-electron chi connectivity index (χ1n) is 7.70. The molecule has 0 aromatic heterocycles. The maximum absolute atomic E-state index is 9.57. The summed E-state index contributed by atoms with van der Waals surface area (Å²) in [7, 11) is 0. The molecule has 0 radical (unpaired) electrons. The predicted molar refractivity (Wildman–Crippen MR) is 103 cm³/mol. The van der Waals surface area contributed by atoms with Crippen LogP contribution in [0.4, 0.5) is 0 Å². The number of benzene rings is 3. The number of hydrogen-bond acceptors (Lipinski definition) is 4. The Labute approximate surface area is 153 Å². The molecule has 0 aliphatic heterocycles. The van der Waals surface area contributed by atoms with Gasteiger partial charge in [-0.1, -0.05) is 67.2 Å². The molecule has 0 amide bonds. The fourth-order valence-corrected chi connectivity index (χ4v) is 2.86. The fraction of sp³-hybridized carbons (Fsp3) is 0.0952. The van der Waals surface area contributed by atoms with Gasteiger partial charge in [0, 0.05) is 5.41 Å². The van der Waals surface area contributed by atoms with E-state index >= 15 is 0 Å². The molecule has 0 atom stereocenters. The van der Waals surface area contributed by atoms with Crippen molar-refractivity contribution in [1.29, 1.82) is 5.26 Å². The van der Waals surface area contributed by atoms with E-state index < -0.39 is 0 Å². The highest BCUT2D eigenvalue weighted by molar-refractivity contribution is 7.85. The van der Waals surface area contributed by atoms with Gasteiger partial charge in [-0.15, -0.1) is 0 Å². The van der Waals surface area contributed by atoms with Crippen molar-refractivity contribution in [3.05, 3.63) is 95.6 Å². The van der Waals surface area contributed by atoms with Crippen molar-refractivity contribution in [1.82, 2.24) is 0 Å². The van der Waals surface area contributed by atoms with Gasteiger partial charge in [-0.05, 0) is 47.9 Å². The molecule has 0 heterocycles. The van der Waals surface area contributed by atoms with Crippen molar-refractivity contribution in [2.24, 2.45) is 0 Å². The average Bonchev–Trinajstić information content (AvgIpc) is 2.64. The second kappa shape index (κ2) is 8.27. The number of nitriles is 1. The lowest BCUT2D eigenvalue weighted by atomic mass is 9.71. The normalized spacial score (nSPS) is 10.3. The number of phenolic OH excluding ortho intramolecular Hbond substituents is 2. The summed E-state index contributed by atoms with van der Waals surface area (Å²) in [6.45, 7) is 2.15. The van der Waals surface area contributed by atoms with E-state index in [4.69, 9.17) is 5.26 Å². The minimum absolute atomic E-state index is 0.255. The van der Waals surface area contributed by atoms with Crippen LogP contribution in [-0.4, -0.2) is 10.2 Å². The molecular weight excluding hydrogens is 330 g/mol. The van der Waals surface area contributed by atoms with Crippen molar-refractivity contribution in [3.8, 4) is 16.9 Å². The van der Waals surface area contributed by atoms with Crippen LogP contribution >= 0.6 is 12.6 Å². The van der Waals surface area contributed by atoms with Gasteiger partial charge >= 0.3 is 0 Å². The van der Waals surface area contributed by atoms with Gasteiger partial charge in [0.2, 0.25) is 0 Å². The van der Waals surface area contributed by atoms with Crippen molar-refractivity contribution in [2.45, 2.75) is 12.3 Å². The molecule has 3 aromatic carbocycles. The Bertz CT molecular complexity index is 792. The zero-order chi connectivity index (χ0) is 18.3. The zero-order valence-electron chi connectivity index (χ0n) is 13.8. The summed E-state index contributed by atoms with van der Waals surface area (Å²) < 4.78 is 0. The Hall–Kier alpha value is -2.90. The summed E-state index contributed by atoms with van der Waals surface area (Å²) in [6.07, 6.45) is 0. The molecule has 0 saturated heterocycles. The molecule has 25 heavy (non-hydrogen) atoms. The number of nitrogens with zero attached hydrogens (tertiary/aromatic N) is 1. The van der Waals surface area contributed by atoms with Crippen LogP contribution in [0, 0.1) is 10.7 Å². The van der Waals surface area contributed by atoms with Gasteiger partial charge in [0.25, 0.3) is 0 Å². The van der Waals surface area contributed by atoms with Crippen molar-refractivity contribution in [3.63, 3.8) is 0 Å². The number of thiocyanates is 1. The van der Waals surface area contributed by atoms with E-state index in [1.165, 1.54) is 5.40 Å². The largest absolute Gasteiger partial charge is 0.508 e. The topological polar surface area (TPSA) is 64.2 Å². The second-order valence-corrected chi connectivity index (χ2v) is 5.88. The summed E-state index contributed by atoms with van der Waals surface area (Å²) in [4.78, 5) is 0. The Morgan fingerprint density at radius 1 is 0.720 bits per heavy atom. The van der Waals surface area contributed by atoms with Crippen molar-refractivity contribution < 1.29 is 10.2 Å². The molecule has 4 heteroatoms. The van der Waals surface area contributed by atoms with E-state index in [2.05, 4.69) is 31.7 Å². The van der Waals surface area contributed by atoms with Crippen LogP contribution in [0.2, 0.25) is 0 Å². The lowest BCUT2D eigenvalue weighted by molar-refractivity contribution is 0.474. The van der Waals surface area contributed by atoms with Crippen LogP contribution in [-0.2, 0) is 5.41 Å². The molecule has 0 aliphatic carbocycles. The SMILES string of the molecule is CC(c1ccccc1)(c1ccc(O)cc1)c1ccc(O)cc1.N#CS. The summed E-state index contributed by atoms with van der Waals surface area (Å²) >= 11 is 3.09. The smallest absolute Gasteiger partial charge is 0.130 e. The molecule has 126 valence electrons. The predicted octanol–water partition coefficient (Wildman–Crippen LogP) is 4.85. The van der Waals surface area contributed by atoms with Gasteiger partial charge in [0.1, 0.15) is 16.9 Å². The van der Waals surface area contributed by atoms with Crippen LogP contribution in [0.1, 0.15) is 23.6 Å². The molecule has 0 aliphatic rings. The van der Waals surface area contributed by atoms with E-state index in [9.17, 15) is 10.2 Å². The molecular formula is C21H19NO2S. The number of hydrogen-bond donors (Lipinski definition) is 3. The summed E-state index contributed by atoms with van der Waals surface area (Å²) in [6, 6.07) is 24.8. The molecule has 0 fully saturated rings. The monoisotopic (exact) mass is 349 g/mol. The van der Waals surface area contributed by atoms with Gasteiger partial charge in [-0.2, -0.15) is 5.26 Å². The van der Waals surface area contributed by atoms with E-state index in [-0.39, 0.29) is 16.9 Å². The minimum atomic E-state index is -0.358. The van der Waals surface area contributed by atoms with E-state index in [0.717, 1.165) is 16.7 Å². The number of rotatable bonds is 3. The summed E-state index contributed by atoms with van der Waals surface area (Å²) in [5, 5.41) is 27.8. The fourth-order valence-electron chi connectivity index (χ4n) is 2.86. The third kappa shape index (κ3) is 4.14. The average molecular weight is 349 g/mol. The number of thiol groups is 1. The van der Waals surface area contributed by atoms with Gasteiger partial charge in [-0.3, -0.25) is 0 Å². The molecule has 0 unspecified atom stereocenters. The molecule has 3 aromatic rings. The maximum atomic E-state index is 9.57. The minimum Gasteiger partial charge on any atom is -0.508 e. The quantitative estimate of drug-likeness (QED) is 0.360. The van der Waals surface area contributed by atoms with Crippen molar-refractivity contribution >= 4 is 12.6 Å². The highest BCUT2D eigenvalue weighted by Crippen LogP contribution is 2.39. The highest BCUT2D eigenvalue weighted by Gasteiger charge is 2.30. The standard InChI is InChI=1S/C20H18O2.CHNS/c1-20(15-5-3-2-4-6-15,16-7-11-18(21)12-8-16)17-9-13-19(22)14-10-17;2-1-3/h2-14,21-22H,1H3;3H. The lowest BCUT2D eigenvalue weighted by Gasteiger charge is -2.32. The van der Waals surface area contributed by atoms with Gasteiger partial charge in [0.15, 0.2) is 0 Å².